The fraction of sp³-hybridized carbons (Fsp3) is 0.217. The van der Waals surface area contributed by atoms with Crippen LogP contribution < -0.4 is 16.4 Å². The molecule has 3 aromatic rings. The van der Waals surface area contributed by atoms with Gasteiger partial charge in [0.05, 0.1) is 30.3 Å². The summed E-state index contributed by atoms with van der Waals surface area (Å²) in [6, 6.07) is 11.7. The molecule has 0 aliphatic carbocycles. The Labute approximate surface area is 200 Å². The van der Waals surface area contributed by atoms with Crippen molar-refractivity contribution >= 4 is 29.8 Å². The molecular weight excluding hydrogens is 469 g/mol. The molecule has 4 N–H and O–H groups in total. The lowest BCUT2D eigenvalue weighted by atomic mass is 10.0. The molecule has 0 atom stereocenters. The molecule has 0 unspecified atom stereocenters. The van der Waals surface area contributed by atoms with Crippen molar-refractivity contribution < 1.29 is 18.0 Å². The predicted molar refractivity (Wildman–Crippen MR) is 124 cm³/mol. The second-order valence-electron chi connectivity index (χ2n) is 7.27. The fourth-order valence-electron chi connectivity index (χ4n) is 3.12. The summed E-state index contributed by atoms with van der Waals surface area (Å²) in [6.07, 6.45) is 0.798. The molecule has 11 heteroatoms. The zero-order chi connectivity index (χ0) is 24.0. The Kier molecular flexibility index (Phi) is 8.81. The molecule has 0 radical (unpaired) electrons. The average Bonchev–Trinajstić information content (AvgIpc) is 2.79. The molecule has 7 nitrogen and oxygen atoms in total. The van der Waals surface area contributed by atoms with Gasteiger partial charge in [-0.05, 0) is 42.8 Å². The van der Waals surface area contributed by atoms with Crippen molar-refractivity contribution in [1.82, 2.24) is 15.3 Å². The van der Waals surface area contributed by atoms with Crippen LogP contribution in [0.4, 0.5) is 24.7 Å². The molecule has 3 rings (SSSR count). The molecule has 1 aromatic carbocycles. The highest BCUT2D eigenvalue weighted by Crippen LogP contribution is 2.28. The number of hydrogen-bond acceptors (Lipinski definition) is 6. The molecular formula is C23H22ClF3N6O. The van der Waals surface area contributed by atoms with Gasteiger partial charge in [0.25, 0.3) is 0 Å². The molecule has 2 aromatic heterocycles. The first-order chi connectivity index (χ1) is 15.7. The highest BCUT2D eigenvalue weighted by Gasteiger charge is 2.33. The van der Waals surface area contributed by atoms with Crippen LogP contribution in [0.3, 0.4) is 0 Å². The van der Waals surface area contributed by atoms with Gasteiger partial charge in [0.1, 0.15) is 11.5 Å². The SMILES string of the molecule is Cc1nc(N)ccc1CNC(=O)Cc1c(C#N)ccc(NCC(F)(F)c2ccccn2)c1F.Cl. The minimum absolute atomic E-state index is 0. The van der Waals surface area contributed by atoms with Gasteiger partial charge in [0, 0.05) is 24.0 Å². The third kappa shape index (κ3) is 6.36. The van der Waals surface area contributed by atoms with Crippen LogP contribution >= 0.6 is 12.4 Å². The zero-order valence-corrected chi connectivity index (χ0v) is 18.9. The molecule has 0 fully saturated rings. The van der Waals surface area contributed by atoms with Gasteiger partial charge in [-0.15, -0.1) is 12.4 Å². The van der Waals surface area contributed by atoms with Crippen molar-refractivity contribution in [3.8, 4) is 6.07 Å². The van der Waals surface area contributed by atoms with Gasteiger partial charge >= 0.3 is 5.92 Å². The number of aryl methyl sites for hydroxylation is 1. The van der Waals surface area contributed by atoms with Crippen molar-refractivity contribution in [1.29, 1.82) is 5.26 Å². The van der Waals surface area contributed by atoms with E-state index in [9.17, 15) is 18.8 Å². The van der Waals surface area contributed by atoms with E-state index < -0.39 is 36.3 Å². The molecule has 0 aliphatic heterocycles. The Morgan fingerprint density at radius 1 is 1.21 bits per heavy atom. The Morgan fingerprint density at radius 2 is 1.97 bits per heavy atom. The standard InChI is InChI=1S/C23H21F3N6O.ClH/c1-14-16(6-8-20(28)32-14)12-30-21(33)10-17-15(11-27)5-7-18(22(17)24)31-13-23(25,26)19-4-2-3-9-29-19;/h2-9,31H,10,12-13H2,1H3,(H2,28,32)(H,30,33);1H. The van der Waals surface area contributed by atoms with Crippen molar-refractivity contribution in [3.63, 3.8) is 0 Å². The van der Waals surface area contributed by atoms with Crippen LogP contribution in [0.2, 0.25) is 0 Å². The second-order valence-corrected chi connectivity index (χ2v) is 7.27. The Bertz CT molecular complexity index is 1200. The minimum atomic E-state index is -3.36. The summed E-state index contributed by atoms with van der Waals surface area (Å²) in [5.74, 6) is -4.49. The molecule has 178 valence electrons. The quantitative estimate of drug-likeness (QED) is 0.441. The maximum absolute atomic E-state index is 15.1. The number of carbonyl (C=O) groups excluding carboxylic acids is 1. The molecule has 0 spiro atoms. The lowest BCUT2D eigenvalue weighted by molar-refractivity contribution is -0.120. The van der Waals surface area contributed by atoms with E-state index in [1.165, 1.54) is 36.5 Å². The summed E-state index contributed by atoms with van der Waals surface area (Å²) < 4.78 is 43.8. The van der Waals surface area contributed by atoms with E-state index in [4.69, 9.17) is 5.73 Å². The average molecular weight is 491 g/mol. The van der Waals surface area contributed by atoms with E-state index in [0.29, 0.717) is 11.5 Å². The van der Waals surface area contributed by atoms with Gasteiger partial charge in [-0.2, -0.15) is 14.0 Å². The smallest absolute Gasteiger partial charge is 0.306 e. The van der Waals surface area contributed by atoms with Crippen LogP contribution in [0.5, 0.6) is 0 Å². The van der Waals surface area contributed by atoms with E-state index in [2.05, 4.69) is 20.6 Å². The number of nitrogen functional groups attached to an aromatic ring is 1. The van der Waals surface area contributed by atoms with Gasteiger partial charge in [0.2, 0.25) is 5.91 Å². The van der Waals surface area contributed by atoms with Gasteiger partial charge in [-0.25, -0.2) is 9.37 Å². The number of nitriles is 1. The van der Waals surface area contributed by atoms with Crippen molar-refractivity contribution in [2.24, 2.45) is 0 Å². The van der Waals surface area contributed by atoms with Crippen molar-refractivity contribution in [2.45, 2.75) is 25.8 Å². The lowest BCUT2D eigenvalue weighted by Crippen LogP contribution is -2.27. The van der Waals surface area contributed by atoms with Gasteiger partial charge in [-0.3, -0.25) is 9.78 Å². The molecule has 0 saturated heterocycles. The number of aromatic nitrogens is 2. The topological polar surface area (TPSA) is 117 Å². The normalized spacial score (nSPS) is 10.7. The molecule has 34 heavy (non-hydrogen) atoms. The van der Waals surface area contributed by atoms with E-state index in [0.717, 1.165) is 5.56 Å². The number of benzene rings is 1. The number of halogens is 4. The third-order valence-corrected chi connectivity index (χ3v) is 4.93. The minimum Gasteiger partial charge on any atom is -0.384 e. The number of pyridine rings is 2. The first-order valence-corrected chi connectivity index (χ1v) is 9.94. The van der Waals surface area contributed by atoms with Crippen LogP contribution in [0.15, 0.2) is 48.7 Å². The summed E-state index contributed by atoms with van der Waals surface area (Å²) in [7, 11) is 0. The highest BCUT2D eigenvalue weighted by atomic mass is 35.5. The van der Waals surface area contributed by atoms with Crippen LogP contribution in [0.1, 0.15) is 28.1 Å². The Balaban J connectivity index is 0.00000408. The summed E-state index contributed by atoms with van der Waals surface area (Å²) in [5.41, 5.74) is 6.02. The summed E-state index contributed by atoms with van der Waals surface area (Å²) in [4.78, 5) is 20.2. The third-order valence-electron chi connectivity index (χ3n) is 4.93. The van der Waals surface area contributed by atoms with Gasteiger partial charge in [0.15, 0.2) is 5.82 Å². The number of rotatable bonds is 8. The molecule has 0 bridgehead atoms. The maximum atomic E-state index is 15.1. The number of nitrogens with zero attached hydrogens (tertiary/aromatic N) is 3. The first-order valence-electron chi connectivity index (χ1n) is 9.94. The largest absolute Gasteiger partial charge is 0.384 e. The maximum Gasteiger partial charge on any atom is 0.306 e. The number of hydrogen-bond donors (Lipinski definition) is 3. The molecule has 0 saturated carbocycles. The Hall–Kier alpha value is -3.84. The number of anilines is 2. The summed E-state index contributed by atoms with van der Waals surface area (Å²) in [6.45, 7) is 0.957. The molecule has 2 heterocycles. The van der Waals surface area contributed by atoms with Crippen LogP contribution in [0, 0.1) is 24.1 Å². The number of nitrogens with two attached hydrogens (primary N) is 1. The number of carbonyl (C=O) groups is 1. The highest BCUT2D eigenvalue weighted by molar-refractivity contribution is 5.85. The van der Waals surface area contributed by atoms with Crippen molar-refractivity contribution in [2.75, 3.05) is 17.6 Å². The number of alkyl halides is 2. The predicted octanol–water partition coefficient (Wildman–Crippen LogP) is 3.86. The van der Waals surface area contributed by atoms with Crippen LogP contribution in [-0.4, -0.2) is 22.4 Å². The zero-order valence-electron chi connectivity index (χ0n) is 18.1. The first kappa shape index (κ1) is 26.4. The summed E-state index contributed by atoms with van der Waals surface area (Å²) >= 11 is 0. The summed E-state index contributed by atoms with van der Waals surface area (Å²) in [5, 5.41) is 14.3. The fourth-order valence-corrected chi connectivity index (χ4v) is 3.12. The number of nitrogens with one attached hydrogen (secondary N) is 2. The monoisotopic (exact) mass is 490 g/mol. The van der Waals surface area contributed by atoms with E-state index in [1.54, 1.807) is 19.1 Å². The van der Waals surface area contributed by atoms with E-state index in [1.807, 2.05) is 6.07 Å². The molecule has 1 amide bonds. The van der Waals surface area contributed by atoms with Crippen LogP contribution in [0.25, 0.3) is 0 Å². The van der Waals surface area contributed by atoms with E-state index >= 15 is 4.39 Å². The van der Waals surface area contributed by atoms with Gasteiger partial charge < -0.3 is 16.4 Å². The Morgan fingerprint density at radius 3 is 2.62 bits per heavy atom. The van der Waals surface area contributed by atoms with E-state index in [-0.39, 0.29) is 35.8 Å². The molecule has 0 aliphatic rings. The van der Waals surface area contributed by atoms with Crippen LogP contribution in [-0.2, 0) is 23.7 Å². The lowest BCUT2D eigenvalue weighted by Gasteiger charge is -2.18. The number of amides is 1. The second kappa shape index (κ2) is 11.3. The van der Waals surface area contributed by atoms with Crippen molar-refractivity contribution in [3.05, 3.63) is 82.6 Å². The van der Waals surface area contributed by atoms with Gasteiger partial charge in [-0.1, -0.05) is 12.1 Å².